The summed E-state index contributed by atoms with van der Waals surface area (Å²) in [5.41, 5.74) is 3.60. The quantitative estimate of drug-likeness (QED) is 0.232. The molecule has 36 heavy (non-hydrogen) atoms. The molecule has 2 atom stereocenters. The lowest BCUT2D eigenvalue weighted by Crippen LogP contribution is -2.64. The molecule has 0 N–H and O–H groups in total. The van der Waals surface area contributed by atoms with Crippen LogP contribution in [0.5, 0.6) is 0 Å². The topological polar surface area (TPSA) is 52.6 Å². The molecule has 4 aromatic carbocycles. The van der Waals surface area contributed by atoms with Crippen LogP contribution in [0.25, 0.3) is 0 Å². The average Bonchev–Trinajstić information content (AvgIpc) is 2.93. The largest absolute Gasteiger partial charge is 0.452 e. The van der Waals surface area contributed by atoms with Gasteiger partial charge >= 0.3 is 11.9 Å². The van der Waals surface area contributed by atoms with Crippen LogP contribution in [0, 0.1) is 0 Å². The molecule has 0 aliphatic heterocycles. The SMILES string of the molecule is O=C(OC1C(OC(=O)c2ccccc2)[C@]2(Cl)c3ccccc3[C@@]1(Cl)c1ccccc12)c1ccccc1. The zero-order valence-electron chi connectivity index (χ0n) is 18.9. The number of benzene rings is 4. The van der Waals surface area contributed by atoms with Gasteiger partial charge in [0.05, 0.1) is 11.1 Å². The van der Waals surface area contributed by atoms with Crippen molar-refractivity contribution in [2.24, 2.45) is 0 Å². The van der Waals surface area contributed by atoms with Crippen LogP contribution in [-0.2, 0) is 19.2 Å². The second-order valence-electron chi connectivity index (χ2n) is 8.90. The van der Waals surface area contributed by atoms with Crippen molar-refractivity contribution < 1.29 is 19.1 Å². The fourth-order valence-electron chi connectivity index (χ4n) is 5.36. The van der Waals surface area contributed by atoms with Crippen LogP contribution in [0.15, 0.2) is 109 Å². The first kappa shape index (κ1) is 22.8. The van der Waals surface area contributed by atoms with Crippen molar-refractivity contribution in [2.75, 3.05) is 0 Å². The van der Waals surface area contributed by atoms with Crippen LogP contribution >= 0.6 is 23.2 Å². The van der Waals surface area contributed by atoms with Crippen molar-refractivity contribution >= 4 is 35.1 Å². The molecule has 0 saturated heterocycles. The number of esters is 2. The molecule has 2 unspecified atom stereocenters. The molecule has 4 aromatic rings. The Kier molecular flexibility index (Phi) is 5.40. The molecular weight excluding hydrogens is 495 g/mol. The van der Waals surface area contributed by atoms with Gasteiger partial charge in [-0.2, -0.15) is 0 Å². The van der Waals surface area contributed by atoms with Crippen molar-refractivity contribution in [3.8, 4) is 0 Å². The van der Waals surface area contributed by atoms with Crippen LogP contribution in [-0.4, -0.2) is 24.1 Å². The normalized spacial score (nSPS) is 25.4. The van der Waals surface area contributed by atoms with Gasteiger partial charge in [0.25, 0.3) is 0 Å². The minimum atomic E-state index is -1.32. The second kappa shape index (κ2) is 8.51. The molecule has 7 rings (SSSR count). The predicted molar refractivity (Wildman–Crippen MR) is 137 cm³/mol. The van der Waals surface area contributed by atoms with Crippen LogP contribution in [0.4, 0.5) is 0 Å². The number of carbonyl (C=O) groups is 2. The fraction of sp³-hybridized carbons (Fsp3) is 0.133. The van der Waals surface area contributed by atoms with Gasteiger partial charge in [-0.05, 0) is 46.5 Å². The maximum Gasteiger partial charge on any atom is 0.338 e. The van der Waals surface area contributed by atoms with Gasteiger partial charge in [0, 0.05) is 0 Å². The van der Waals surface area contributed by atoms with Gasteiger partial charge in [-0.15, -0.1) is 23.2 Å². The molecule has 0 spiro atoms. The molecular formula is C30H20Cl2O4. The maximum absolute atomic E-state index is 13.3. The van der Waals surface area contributed by atoms with Gasteiger partial charge in [-0.3, -0.25) is 0 Å². The third-order valence-electron chi connectivity index (χ3n) is 6.97. The number of hydrogen-bond acceptors (Lipinski definition) is 4. The summed E-state index contributed by atoms with van der Waals surface area (Å²) in [5.74, 6) is -1.16. The molecule has 3 aliphatic rings. The molecule has 0 fully saturated rings. The Morgan fingerprint density at radius 3 is 1.08 bits per heavy atom. The van der Waals surface area contributed by atoms with E-state index >= 15 is 0 Å². The number of halogens is 2. The van der Waals surface area contributed by atoms with Crippen LogP contribution in [0.2, 0.25) is 0 Å². The Hall–Kier alpha value is -3.60. The average molecular weight is 515 g/mol. The van der Waals surface area contributed by atoms with E-state index in [2.05, 4.69) is 0 Å². The molecule has 0 heterocycles. The number of fused-ring (bicyclic) bond motifs is 1. The number of carbonyl (C=O) groups excluding carboxylic acids is 2. The van der Waals surface area contributed by atoms with E-state index in [9.17, 15) is 9.59 Å². The number of ether oxygens (including phenoxy) is 2. The highest BCUT2D eigenvalue weighted by Gasteiger charge is 2.68. The standard InChI is InChI=1S/C30H20Cl2O4/c31-29-21-15-7-9-17-23(21)30(32,24-18-10-8-16-22(24)29)26(36-28(34)20-13-5-2-6-14-20)25(29)35-27(33)19-11-3-1-4-12-19/h1-18,25-26H/t25?,26?,29-,30+. The first-order valence-electron chi connectivity index (χ1n) is 11.6. The van der Waals surface area contributed by atoms with Crippen LogP contribution in [0.1, 0.15) is 43.0 Å². The van der Waals surface area contributed by atoms with Crippen molar-refractivity contribution in [1.82, 2.24) is 0 Å². The summed E-state index contributed by atoms with van der Waals surface area (Å²) < 4.78 is 12.2. The number of alkyl halides is 2. The zero-order valence-corrected chi connectivity index (χ0v) is 20.4. The molecule has 178 valence electrons. The van der Waals surface area contributed by atoms with E-state index in [-0.39, 0.29) is 0 Å². The Balaban J connectivity index is 1.54. The van der Waals surface area contributed by atoms with E-state index in [1.165, 1.54) is 0 Å². The fourth-order valence-corrected chi connectivity index (χ4v) is 6.33. The maximum atomic E-state index is 13.3. The van der Waals surface area contributed by atoms with Gasteiger partial charge in [0.15, 0.2) is 12.2 Å². The monoisotopic (exact) mass is 514 g/mol. The second-order valence-corrected chi connectivity index (χ2v) is 10.1. The van der Waals surface area contributed by atoms with Crippen LogP contribution < -0.4 is 0 Å². The van der Waals surface area contributed by atoms with E-state index in [1.807, 2.05) is 60.7 Å². The lowest BCUT2D eigenvalue weighted by atomic mass is 9.59. The van der Waals surface area contributed by atoms with Gasteiger partial charge in [0.2, 0.25) is 0 Å². The highest BCUT2D eigenvalue weighted by atomic mass is 35.5. The number of rotatable bonds is 4. The highest BCUT2D eigenvalue weighted by Crippen LogP contribution is 2.64. The summed E-state index contributed by atoms with van der Waals surface area (Å²) in [6.07, 6.45) is -2.19. The Morgan fingerprint density at radius 1 is 0.500 bits per heavy atom. The van der Waals surface area contributed by atoms with Gasteiger partial charge < -0.3 is 9.47 Å². The van der Waals surface area contributed by atoms with E-state index in [0.717, 1.165) is 22.3 Å². The lowest BCUT2D eigenvalue weighted by molar-refractivity contribution is -0.0690. The molecule has 0 saturated carbocycles. The van der Waals surface area contributed by atoms with Gasteiger partial charge in [0.1, 0.15) is 9.75 Å². The molecule has 6 heteroatoms. The lowest BCUT2D eigenvalue weighted by Gasteiger charge is -2.56. The third-order valence-corrected chi connectivity index (χ3v) is 8.21. The number of hydrogen-bond donors (Lipinski definition) is 0. The third kappa shape index (κ3) is 3.22. The summed E-state index contributed by atoms with van der Waals surface area (Å²) in [6, 6.07) is 32.3. The van der Waals surface area contributed by atoms with Crippen molar-refractivity contribution in [3.05, 3.63) is 143 Å². The van der Waals surface area contributed by atoms with Crippen molar-refractivity contribution in [3.63, 3.8) is 0 Å². The van der Waals surface area contributed by atoms with Crippen molar-refractivity contribution in [2.45, 2.75) is 22.0 Å². The smallest absolute Gasteiger partial charge is 0.338 e. The summed E-state index contributed by atoms with van der Waals surface area (Å²) >= 11 is 15.0. The van der Waals surface area contributed by atoms with Gasteiger partial charge in [-0.1, -0.05) is 84.9 Å². The Bertz CT molecular complexity index is 1310. The summed E-state index contributed by atoms with van der Waals surface area (Å²) in [4.78, 5) is 23.9. The Labute approximate surface area is 218 Å². The molecule has 4 nitrogen and oxygen atoms in total. The molecule has 3 aliphatic carbocycles. The minimum Gasteiger partial charge on any atom is -0.452 e. The first-order valence-corrected chi connectivity index (χ1v) is 12.3. The molecule has 0 amide bonds. The molecule has 2 bridgehead atoms. The predicted octanol–water partition coefficient (Wildman–Crippen LogP) is 6.43. The Morgan fingerprint density at radius 2 is 0.778 bits per heavy atom. The minimum absolute atomic E-state index is 0.359. The highest BCUT2D eigenvalue weighted by molar-refractivity contribution is 6.32. The summed E-state index contributed by atoms with van der Waals surface area (Å²) in [5, 5.41) is 0. The van der Waals surface area contributed by atoms with E-state index in [0.29, 0.717) is 11.1 Å². The van der Waals surface area contributed by atoms with E-state index in [1.54, 1.807) is 48.5 Å². The summed E-state index contributed by atoms with van der Waals surface area (Å²) in [7, 11) is 0. The molecule has 0 radical (unpaired) electrons. The van der Waals surface area contributed by atoms with Crippen molar-refractivity contribution in [1.29, 1.82) is 0 Å². The van der Waals surface area contributed by atoms with Gasteiger partial charge in [-0.25, -0.2) is 9.59 Å². The first-order chi connectivity index (χ1) is 17.5. The summed E-state index contributed by atoms with van der Waals surface area (Å²) in [6.45, 7) is 0. The molecule has 0 aromatic heterocycles. The zero-order chi connectivity index (χ0) is 24.9. The van der Waals surface area contributed by atoms with E-state index in [4.69, 9.17) is 32.7 Å². The van der Waals surface area contributed by atoms with Crippen LogP contribution in [0.3, 0.4) is 0 Å². The van der Waals surface area contributed by atoms with E-state index < -0.39 is 33.9 Å².